The SMILES string of the molecule is O=CC(C=O)CC1CN[C@@H]2Cc3c[nH]c4cccc(c34)[C@H]2C1. The van der Waals surface area contributed by atoms with Crippen LogP contribution in [0.25, 0.3) is 10.9 Å². The first-order valence-corrected chi connectivity index (χ1v) is 8.03. The van der Waals surface area contributed by atoms with Gasteiger partial charge < -0.3 is 19.9 Å². The Morgan fingerprint density at radius 1 is 1.27 bits per heavy atom. The van der Waals surface area contributed by atoms with Crippen molar-refractivity contribution in [3.8, 4) is 0 Å². The summed E-state index contributed by atoms with van der Waals surface area (Å²) in [5, 5.41) is 5.04. The number of aldehydes is 2. The van der Waals surface area contributed by atoms with Gasteiger partial charge in [0.15, 0.2) is 0 Å². The molecule has 0 amide bonds. The number of aromatic amines is 1. The van der Waals surface area contributed by atoms with Crippen LogP contribution in [0.4, 0.5) is 0 Å². The van der Waals surface area contributed by atoms with Crippen LogP contribution in [0.1, 0.15) is 29.9 Å². The lowest BCUT2D eigenvalue weighted by atomic mass is 9.72. The summed E-state index contributed by atoms with van der Waals surface area (Å²) in [6.45, 7) is 0.898. The molecule has 1 aliphatic heterocycles. The van der Waals surface area contributed by atoms with Crippen molar-refractivity contribution in [3.05, 3.63) is 35.5 Å². The number of rotatable bonds is 4. The number of fused-ring (bicyclic) bond motifs is 2. The molecule has 4 rings (SSSR count). The van der Waals surface area contributed by atoms with Crippen molar-refractivity contribution in [2.45, 2.75) is 31.2 Å². The number of piperidine rings is 1. The quantitative estimate of drug-likeness (QED) is 0.671. The van der Waals surface area contributed by atoms with Crippen molar-refractivity contribution < 1.29 is 9.59 Å². The minimum absolute atomic E-state index is 0.386. The fraction of sp³-hybridized carbons (Fsp3) is 0.444. The molecule has 4 heteroatoms. The highest BCUT2D eigenvalue weighted by molar-refractivity contribution is 5.88. The minimum atomic E-state index is -0.453. The molecule has 2 N–H and O–H groups in total. The molecule has 3 atom stereocenters. The third-order valence-corrected chi connectivity index (χ3v) is 5.36. The summed E-state index contributed by atoms with van der Waals surface area (Å²) in [5.74, 6) is 0.410. The molecule has 1 fully saturated rings. The van der Waals surface area contributed by atoms with Gasteiger partial charge in [-0.1, -0.05) is 12.1 Å². The molecule has 1 unspecified atom stereocenters. The number of H-pyrrole nitrogens is 1. The third-order valence-electron chi connectivity index (χ3n) is 5.36. The average molecular weight is 296 g/mol. The van der Waals surface area contributed by atoms with Gasteiger partial charge in [0.2, 0.25) is 0 Å². The number of benzene rings is 1. The van der Waals surface area contributed by atoms with Gasteiger partial charge >= 0.3 is 0 Å². The number of carbonyl (C=O) groups is 2. The Balaban J connectivity index is 1.64. The second-order valence-corrected chi connectivity index (χ2v) is 6.68. The highest BCUT2D eigenvalue weighted by Crippen LogP contribution is 2.42. The summed E-state index contributed by atoms with van der Waals surface area (Å²) >= 11 is 0. The fourth-order valence-corrected chi connectivity index (χ4v) is 4.33. The molecule has 1 aliphatic carbocycles. The van der Waals surface area contributed by atoms with E-state index in [1.807, 2.05) is 0 Å². The van der Waals surface area contributed by atoms with Gasteiger partial charge in [0.1, 0.15) is 12.6 Å². The molecule has 0 saturated carbocycles. The maximum absolute atomic E-state index is 10.9. The minimum Gasteiger partial charge on any atom is -0.361 e. The first kappa shape index (κ1) is 13.7. The van der Waals surface area contributed by atoms with Crippen molar-refractivity contribution in [2.75, 3.05) is 6.54 Å². The predicted octanol–water partition coefficient (Wildman–Crippen LogP) is 2.19. The molecule has 4 nitrogen and oxygen atoms in total. The second-order valence-electron chi connectivity index (χ2n) is 6.68. The molecular formula is C18H20N2O2. The zero-order chi connectivity index (χ0) is 15.1. The zero-order valence-electron chi connectivity index (χ0n) is 12.4. The maximum atomic E-state index is 10.9. The lowest BCUT2D eigenvalue weighted by Crippen LogP contribution is -2.47. The van der Waals surface area contributed by atoms with Gasteiger partial charge in [-0.15, -0.1) is 0 Å². The summed E-state index contributed by atoms with van der Waals surface area (Å²) in [7, 11) is 0. The van der Waals surface area contributed by atoms with E-state index >= 15 is 0 Å². The van der Waals surface area contributed by atoms with E-state index < -0.39 is 5.92 Å². The molecule has 114 valence electrons. The van der Waals surface area contributed by atoms with Crippen molar-refractivity contribution >= 4 is 23.5 Å². The number of carbonyl (C=O) groups excluding carboxylic acids is 2. The van der Waals surface area contributed by atoms with Crippen LogP contribution in [-0.2, 0) is 16.0 Å². The number of nitrogens with one attached hydrogen (secondary N) is 2. The predicted molar refractivity (Wildman–Crippen MR) is 84.9 cm³/mol. The van der Waals surface area contributed by atoms with E-state index in [0.29, 0.717) is 24.3 Å². The van der Waals surface area contributed by atoms with Crippen LogP contribution in [0.15, 0.2) is 24.4 Å². The lowest BCUT2D eigenvalue weighted by molar-refractivity contribution is -0.120. The van der Waals surface area contributed by atoms with Gasteiger partial charge in [0, 0.05) is 29.1 Å². The normalized spacial score (nSPS) is 26.9. The molecule has 0 radical (unpaired) electrons. The zero-order valence-corrected chi connectivity index (χ0v) is 12.4. The third kappa shape index (κ3) is 2.10. The number of aromatic nitrogens is 1. The molecule has 2 aromatic rings. The highest BCUT2D eigenvalue weighted by Gasteiger charge is 2.36. The first-order chi connectivity index (χ1) is 10.8. The summed E-state index contributed by atoms with van der Waals surface area (Å²) in [4.78, 5) is 25.2. The van der Waals surface area contributed by atoms with Crippen LogP contribution in [0, 0.1) is 11.8 Å². The van der Waals surface area contributed by atoms with Crippen molar-refractivity contribution in [2.24, 2.45) is 11.8 Å². The topological polar surface area (TPSA) is 62.0 Å². The smallest absolute Gasteiger partial charge is 0.130 e. The second kappa shape index (κ2) is 5.36. The molecule has 1 aromatic carbocycles. The molecular weight excluding hydrogens is 276 g/mol. The van der Waals surface area contributed by atoms with E-state index in [4.69, 9.17) is 0 Å². The van der Waals surface area contributed by atoms with E-state index in [-0.39, 0.29) is 0 Å². The monoisotopic (exact) mass is 296 g/mol. The standard InChI is InChI=1S/C18H20N2O2/c21-9-12(10-22)4-11-5-15-14-2-1-3-16-18(14)13(8-20-16)6-17(15)19-7-11/h1-3,8-12,15,17,19-20H,4-7H2/t11?,15-,17-/m1/s1. The fourth-order valence-electron chi connectivity index (χ4n) is 4.33. The van der Waals surface area contributed by atoms with E-state index in [1.165, 1.54) is 22.0 Å². The molecule has 22 heavy (non-hydrogen) atoms. The van der Waals surface area contributed by atoms with Crippen LogP contribution in [0.5, 0.6) is 0 Å². The van der Waals surface area contributed by atoms with Crippen molar-refractivity contribution in [3.63, 3.8) is 0 Å². The van der Waals surface area contributed by atoms with Gasteiger partial charge in [-0.3, -0.25) is 0 Å². The van der Waals surface area contributed by atoms with Crippen LogP contribution in [0.2, 0.25) is 0 Å². The Kier molecular flexibility index (Phi) is 3.34. The maximum Gasteiger partial charge on any atom is 0.130 e. The number of hydrogen-bond donors (Lipinski definition) is 2. The Labute approximate surface area is 129 Å². The van der Waals surface area contributed by atoms with Crippen molar-refractivity contribution in [1.29, 1.82) is 0 Å². The summed E-state index contributed by atoms with van der Waals surface area (Å²) in [6.07, 6.45) is 6.47. The van der Waals surface area contributed by atoms with E-state index in [9.17, 15) is 9.59 Å². The molecule has 2 aliphatic rings. The van der Waals surface area contributed by atoms with E-state index in [0.717, 1.165) is 32.0 Å². The summed E-state index contributed by atoms with van der Waals surface area (Å²) in [5.41, 5.74) is 4.03. The van der Waals surface area contributed by atoms with E-state index in [1.54, 1.807) is 0 Å². The van der Waals surface area contributed by atoms with Crippen molar-refractivity contribution in [1.82, 2.24) is 10.3 Å². The van der Waals surface area contributed by atoms with Gasteiger partial charge in [-0.05, 0) is 48.9 Å². The lowest BCUT2D eigenvalue weighted by Gasteiger charge is -2.40. The first-order valence-electron chi connectivity index (χ1n) is 8.03. The van der Waals surface area contributed by atoms with Crippen LogP contribution in [-0.4, -0.2) is 30.1 Å². The summed E-state index contributed by atoms with van der Waals surface area (Å²) in [6, 6.07) is 6.95. The Bertz CT molecular complexity index is 713. The number of hydrogen-bond acceptors (Lipinski definition) is 3. The Hall–Kier alpha value is -1.94. The summed E-state index contributed by atoms with van der Waals surface area (Å²) < 4.78 is 0. The molecule has 1 saturated heterocycles. The van der Waals surface area contributed by atoms with Crippen LogP contribution >= 0.6 is 0 Å². The van der Waals surface area contributed by atoms with Gasteiger partial charge in [-0.2, -0.15) is 0 Å². The van der Waals surface area contributed by atoms with Gasteiger partial charge in [0.05, 0.1) is 5.92 Å². The Morgan fingerprint density at radius 2 is 2.14 bits per heavy atom. The molecule has 1 aromatic heterocycles. The molecule has 2 heterocycles. The Morgan fingerprint density at radius 3 is 2.95 bits per heavy atom. The highest BCUT2D eigenvalue weighted by atomic mass is 16.1. The van der Waals surface area contributed by atoms with Crippen LogP contribution in [0.3, 0.4) is 0 Å². The molecule has 0 bridgehead atoms. The average Bonchev–Trinajstić information content (AvgIpc) is 2.97. The largest absolute Gasteiger partial charge is 0.361 e. The van der Waals surface area contributed by atoms with Crippen LogP contribution < -0.4 is 5.32 Å². The van der Waals surface area contributed by atoms with Gasteiger partial charge in [-0.25, -0.2) is 0 Å². The van der Waals surface area contributed by atoms with Gasteiger partial charge in [0.25, 0.3) is 0 Å². The van der Waals surface area contributed by atoms with E-state index in [2.05, 4.69) is 34.7 Å². The molecule has 0 spiro atoms.